The number of carbonyl (C=O) groups excluding carboxylic acids is 1. The summed E-state index contributed by atoms with van der Waals surface area (Å²) in [6, 6.07) is 15.9. The van der Waals surface area contributed by atoms with Crippen molar-refractivity contribution in [2.45, 2.75) is 37.8 Å². The second-order valence-electron chi connectivity index (χ2n) is 8.03. The zero-order valence-corrected chi connectivity index (χ0v) is 17.0. The monoisotopic (exact) mass is 399 g/mol. The van der Waals surface area contributed by atoms with Gasteiger partial charge in [0.15, 0.2) is 11.5 Å². The summed E-state index contributed by atoms with van der Waals surface area (Å²) < 4.78 is 0. The Kier molecular flexibility index (Phi) is 4.71. The van der Waals surface area contributed by atoms with E-state index in [0.717, 1.165) is 31.2 Å². The second kappa shape index (κ2) is 7.54. The van der Waals surface area contributed by atoms with Gasteiger partial charge in [-0.2, -0.15) is 0 Å². The Hall–Kier alpha value is -3.25. The van der Waals surface area contributed by atoms with E-state index in [0.29, 0.717) is 17.8 Å². The quantitative estimate of drug-likeness (QED) is 0.626. The Balaban J connectivity index is 1.44. The highest BCUT2D eigenvalue weighted by Crippen LogP contribution is 2.38. The Morgan fingerprint density at radius 2 is 1.77 bits per heavy atom. The van der Waals surface area contributed by atoms with Crippen LogP contribution in [0.2, 0.25) is 0 Å². The molecule has 1 unspecified atom stereocenters. The molecular weight excluding hydrogens is 374 g/mol. The predicted octanol–water partition coefficient (Wildman–Crippen LogP) is 3.35. The maximum atomic E-state index is 12.0. The zero-order valence-electron chi connectivity index (χ0n) is 17.0. The summed E-state index contributed by atoms with van der Waals surface area (Å²) in [5.41, 5.74) is 13.2. The van der Waals surface area contributed by atoms with Gasteiger partial charge in [-0.3, -0.25) is 4.79 Å². The number of nitrogens with one attached hydrogen (secondary N) is 2. The minimum absolute atomic E-state index is 0.138. The molecule has 30 heavy (non-hydrogen) atoms. The fourth-order valence-electron chi connectivity index (χ4n) is 4.73. The number of rotatable bonds is 4. The summed E-state index contributed by atoms with van der Waals surface area (Å²) in [6.07, 6.45) is 6.07. The number of fused-ring (bicyclic) bond motifs is 2. The normalized spacial score (nSPS) is 19.4. The van der Waals surface area contributed by atoms with Crippen molar-refractivity contribution in [3.63, 3.8) is 0 Å². The summed E-state index contributed by atoms with van der Waals surface area (Å²) in [4.78, 5) is 20.7. The van der Waals surface area contributed by atoms with Crippen LogP contribution in [0.3, 0.4) is 0 Å². The number of aryl methyl sites for hydroxylation is 2. The van der Waals surface area contributed by atoms with Gasteiger partial charge >= 0.3 is 0 Å². The fraction of sp³-hybridized carbons (Fsp3) is 0.292. The predicted molar refractivity (Wildman–Crippen MR) is 117 cm³/mol. The highest BCUT2D eigenvalue weighted by Gasteiger charge is 2.29. The van der Waals surface area contributed by atoms with Crippen molar-refractivity contribution < 1.29 is 4.79 Å². The number of nitrogen functional groups attached to an aromatic ring is 1. The van der Waals surface area contributed by atoms with Gasteiger partial charge in [-0.25, -0.2) is 9.97 Å². The van der Waals surface area contributed by atoms with E-state index in [1.54, 1.807) is 13.2 Å². The number of aromatic nitrogens is 2. The van der Waals surface area contributed by atoms with Crippen molar-refractivity contribution in [3.8, 4) is 11.3 Å². The Labute approximate surface area is 175 Å². The highest BCUT2D eigenvalue weighted by atomic mass is 16.1. The van der Waals surface area contributed by atoms with Gasteiger partial charge in [0.05, 0.1) is 11.9 Å². The average molecular weight is 399 g/mol. The van der Waals surface area contributed by atoms with Crippen molar-refractivity contribution in [2.24, 2.45) is 0 Å². The molecule has 1 heterocycles. The van der Waals surface area contributed by atoms with Gasteiger partial charge < -0.3 is 16.4 Å². The number of carbonyl (C=O) groups is 1. The van der Waals surface area contributed by atoms with E-state index in [1.165, 1.54) is 22.3 Å². The van der Waals surface area contributed by atoms with Crippen LogP contribution in [0.25, 0.3) is 11.3 Å². The summed E-state index contributed by atoms with van der Waals surface area (Å²) in [5, 5.41) is 6.46. The van der Waals surface area contributed by atoms with E-state index in [4.69, 9.17) is 5.73 Å². The van der Waals surface area contributed by atoms with Gasteiger partial charge in [-0.1, -0.05) is 36.4 Å². The third kappa shape index (κ3) is 3.23. The molecule has 0 radical (unpaired) electrons. The molecule has 1 amide bonds. The first-order chi connectivity index (χ1) is 14.6. The van der Waals surface area contributed by atoms with Gasteiger partial charge in [0.25, 0.3) is 5.91 Å². The van der Waals surface area contributed by atoms with Gasteiger partial charge in [0, 0.05) is 24.7 Å². The molecule has 6 heteroatoms. The minimum Gasteiger partial charge on any atom is -0.382 e. The summed E-state index contributed by atoms with van der Waals surface area (Å²) in [6.45, 7) is 0. The number of anilines is 1. The number of nitrogens with zero attached hydrogens (tertiary/aromatic N) is 2. The van der Waals surface area contributed by atoms with Gasteiger partial charge in [-0.15, -0.1) is 0 Å². The number of hydrogen-bond donors (Lipinski definition) is 3. The summed E-state index contributed by atoms with van der Waals surface area (Å²) in [5.74, 6) is -0.193. The van der Waals surface area contributed by atoms with Crippen molar-refractivity contribution in [1.29, 1.82) is 0 Å². The van der Waals surface area contributed by atoms with Crippen LogP contribution in [0.1, 0.15) is 57.7 Å². The lowest BCUT2D eigenvalue weighted by Crippen LogP contribution is -2.23. The largest absolute Gasteiger partial charge is 0.382 e. The van der Waals surface area contributed by atoms with E-state index in [-0.39, 0.29) is 17.4 Å². The molecule has 6 nitrogen and oxygen atoms in total. The van der Waals surface area contributed by atoms with Crippen LogP contribution >= 0.6 is 0 Å². The van der Waals surface area contributed by atoms with Gasteiger partial charge in [0.1, 0.15) is 0 Å². The molecule has 2 aromatic carbocycles. The zero-order chi connectivity index (χ0) is 20.7. The Bertz CT molecular complexity index is 1130. The lowest BCUT2D eigenvalue weighted by atomic mass is 10.0. The molecule has 2 aliphatic carbocycles. The Morgan fingerprint density at radius 1 is 1.03 bits per heavy atom. The van der Waals surface area contributed by atoms with Crippen molar-refractivity contribution in [2.75, 3.05) is 12.8 Å². The van der Waals surface area contributed by atoms with Crippen molar-refractivity contribution in [3.05, 3.63) is 76.6 Å². The molecule has 0 bridgehead atoms. The smallest absolute Gasteiger partial charge is 0.273 e. The maximum Gasteiger partial charge on any atom is 0.273 e. The lowest BCUT2D eigenvalue weighted by molar-refractivity contribution is 0.0959. The third-order valence-corrected chi connectivity index (χ3v) is 6.30. The summed E-state index contributed by atoms with van der Waals surface area (Å²) >= 11 is 0. The second-order valence-corrected chi connectivity index (χ2v) is 8.03. The molecular formula is C24H25N5O. The molecule has 0 spiro atoms. The number of hydrogen-bond acceptors (Lipinski definition) is 5. The highest BCUT2D eigenvalue weighted by molar-refractivity contribution is 5.96. The van der Waals surface area contributed by atoms with Crippen LogP contribution in [0.15, 0.2) is 48.7 Å². The molecule has 0 saturated heterocycles. The minimum atomic E-state index is -0.331. The van der Waals surface area contributed by atoms with Crippen molar-refractivity contribution in [1.82, 2.24) is 20.6 Å². The summed E-state index contributed by atoms with van der Waals surface area (Å²) in [7, 11) is 1.56. The third-order valence-electron chi connectivity index (χ3n) is 6.30. The standard InChI is InChI=1S/C24H25N5O/c1-26-24(30)22-23(25)27-13-21(29-22)16-7-6-15-9-11-20(18(15)12-16)28-19-10-8-14-4-2-3-5-17(14)19/h2-7,12-13,19-20,28H,8-11H2,1H3,(H2,25,27)(H,26,30)/t19-,20?/m0/s1. The topological polar surface area (TPSA) is 92.9 Å². The van der Waals surface area contributed by atoms with E-state index in [1.807, 2.05) is 0 Å². The van der Waals surface area contributed by atoms with Crippen LogP contribution in [0, 0.1) is 0 Å². The molecule has 1 aromatic heterocycles. The maximum absolute atomic E-state index is 12.0. The van der Waals surface area contributed by atoms with Crippen molar-refractivity contribution >= 4 is 11.7 Å². The fourth-order valence-corrected chi connectivity index (χ4v) is 4.73. The molecule has 0 aliphatic heterocycles. The van der Waals surface area contributed by atoms with E-state index in [2.05, 4.69) is 63.1 Å². The first-order valence-corrected chi connectivity index (χ1v) is 10.5. The Morgan fingerprint density at radius 3 is 2.57 bits per heavy atom. The molecule has 5 rings (SSSR count). The number of amides is 1. The van der Waals surface area contributed by atoms with E-state index in [9.17, 15) is 4.79 Å². The van der Waals surface area contributed by atoms with Crippen LogP contribution in [0.5, 0.6) is 0 Å². The average Bonchev–Trinajstić information content (AvgIpc) is 3.38. The lowest BCUT2D eigenvalue weighted by Gasteiger charge is -2.21. The van der Waals surface area contributed by atoms with Crippen LogP contribution < -0.4 is 16.4 Å². The van der Waals surface area contributed by atoms with E-state index < -0.39 is 0 Å². The molecule has 152 valence electrons. The molecule has 2 aliphatic rings. The number of benzene rings is 2. The first kappa shape index (κ1) is 18.8. The molecule has 4 N–H and O–H groups in total. The van der Waals surface area contributed by atoms with Crippen LogP contribution in [0.4, 0.5) is 5.82 Å². The number of nitrogens with two attached hydrogens (primary N) is 1. The van der Waals surface area contributed by atoms with Gasteiger partial charge in [-0.05, 0) is 54.0 Å². The van der Waals surface area contributed by atoms with Gasteiger partial charge in [0.2, 0.25) is 0 Å². The molecule has 3 aromatic rings. The van der Waals surface area contributed by atoms with Crippen LogP contribution in [-0.4, -0.2) is 22.9 Å². The molecule has 0 fully saturated rings. The first-order valence-electron chi connectivity index (χ1n) is 10.5. The molecule has 0 saturated carbocycles. The van der Waals surface area contributed by atoms with E-state index >= 15 is 0 Å². The SMILES string of the molecule is CNC(=O)c1nc(-c2ccc3c(c2)C(N[C@H]2CCc4ccccc42)CC3)cnc1N. The van der Waals surface area contributed by atoms with Crippen LogP contribution in [-0.2, 0) is 12.8 Å². The molecule has 2 atom stereocenters.